The van der Waals surface area contributed by atoms with Gasteiger partial charge in [-0.25, -0.2) is 0 Å². The van der Waals surface area contributed by atoms with Crippen molar-refractivity contribution in [3.8, 4) is 0 Å². The second-order valence-electron chi connectivity index (χ2n) is 9.30. The van der Waals surface area contributed by atoms with Gasteiger partial charge in [-0.2, -0.15) is 0 Å². The van der Waals surface area contributed by atoms with Crippen LogP contribution in [0.25, 0.3) is 0 Å². The maximum atomic E-state index is 12.4. The third kappa shape index (κ3) is 2.33. The molecule has 0 amide bonds. The SMILES string of the molecule is C[C@]12CCC(=O)C=C1CC[C@H]1[C@@H]3C[C@@H](O)[C@H](C(=O)CO)[C@@]3(CO)CC[C@@H]12. The molecule has 0 aromatic rings. The molecular formula is C21H30O5. The Balaban J connectivity index is 1.70. The molecule has 5 heteroatoms. The van der Waals surface area contributed by atoms with E-state index < -0.39 is 24.0 Å². The summed E-state index contributed by atoms with van der Waals surface area (Å²) in [7, 11) is 0. The van der Waals surface area contributed by atoms with Crippen molar-refractivity contribution in [2.24, 2.45) is 34.5 Å². The minimum atomic E-state index is -0.775. The standard InChI is InChI=1S/C21H30O5/c1-20-6-4-13(24)8-12(20)2-3-14-15(20)5-7-21(11-23)16(14)9-17(25)19(21)18(26)10-22/h8,14-17,19,22-23,25H,2-7,9-11H2,1H3/t14-,15+,16+,17-,19-,20+,21-/m1/s1. The van der Waals surface area contributed by atoms with Crippen LogP contribution in [-0.4, -0.2) is 46.2 Å². The number of fused-ring (bicyclic) bond motifs is 5. The first-order valence-corrected chi connectivity index (χ1v) is 10.0. The molecule has 0 aromatic carbocycles. The van der Waals surface area contributed by atoms with E-state index in [0.717, 1.165) is 25.7 Å². The number of hydrogen-bond donors (Lipinski definition) is 3. The molecule has 0 unspecified atom stereocenters. The Hall–Kier alpha value is -1.04. The molecule has 3 saturated carbocycles. The molecule has 7 atom stereocenters. The van der Waals surface area contributed by atoms with E-state index in [0.29, 0.717) is 31.1 Å². The van der Waals surface area contributed by atoms with Crippen LogP contribution in [0.3, 0.4) is 0 Å². The molecule has 0 aromatic heterocycles. The van der Waals surface area contributed by atoms with Gasteiger partial charge in [0.05, 0.1) is 12.0 Å². The first kappa shape index (κ1) is 18.3. The largest absolute Gasteiger partial charge is 0.396 e. The third-order valence-electron chi connectivity index (χ3n) is 8.51. The quantitative estimate of drug-likeness (QED) is 0.709. The molecule has 4 rings (SSSR count). The van der Waals surface area contributed by atoms with Crippen LogP contribution in [0.1, 0.15) is 51.9 Å². The van der Waals surface area contributed by atoms with Gasteiger partial charge >= 0.3 is 0 Å². The monoisotopic (exact) mass is 362 g/mol. The molecular weight excluding hydrogens is 332 g/mol. The smallest absolute Gasteiger partial charge is 0.164 e. The van der Waals surface area contributed by atoms with Crippen molar-refractivity contribution >= 4 is 11.6 Å². The van der Waals surface area contributed by atoms with E-state index in [1.807, 2.05) is 6.08 Å². The molecule has 0 bridgehead atoms. The van der Waals surface area contributed by atoms with Gasteiger partial charge in [0.15, 0.2) is 11.6 Å². The maximum Gasteiger partial charge on any atom is 0.164 e. The minimum Gasteiger partial charge on any atom is -0.396 e. The summed E-state index contributed by atoms with van der Waals surface area (Å²) in [5, 5.41) is 30.3. The van der Waals surface area contributed by atoms with E-state index >= 15 is 0 Å². The second-order valence-corrected chi connectivity index (χ2v) is 9.30. The zero-order valence-electron chi connectivity index (χ0n) is 15.5. The van der Waals surface area contributed by atoms with Gasteiger partial charge in [0, 0.05) is 18.4 Å². The predicted molar refractivity (Wildman–Crippen MR) is 95.1 cm³/mol. The van der Waals surface area contributed by atoms with Crippen molar-refractivity contribution in [1.29, 1.82) is 0 Å². The van der Waals surface area contributed by atoms with Crippen LogP contribution in [0.5, 0.6) is 0 Å². The predicted octanol–water partition coefficient (Wildman–Crippen LogP) is 1.64. The van der Waals surface area contributed by atoms with Gasteiger partial charge in [-0.3, -0.25) is 9.59 Å². The molecule has 3 fully saturated rings. The first-order chi connectivity index (χ1) is 12.4. The summed E-state index contributed by atoms with van der Waals surface area (Å²) in [4.78, 5) is 24.3. The average molecular weight is 362 g/mol. The normalized spacial score (nSPS) is 47.6. The third-order valence-corrected chi connectivity index (χ3v) is 8.51. The minimum absolute atomic E-state index is 0.0302. The Bertz CT molecular complexity index is 655. The number of ketones is 2. The van der Waals surface area contributed by atoms with Crippen LogP contribution in [0.2, 0.25) is 0 Å². The van der Waals surface area contributed by atoms with Crippen molar-refractivity contribution < 1.29 is 24.9 Å². The van der Waals surface area contributed by atoms with Crippen molar-refractivity contribution in [3.63, 3.8) is 0 Å². The highest BCUT2D eigenvalue weighted by atomic mass is 16.3. The Morgan fingerprint density at radius 3 is 2.65 bits per heavy atom. The summed E-state index contributed by atoms with van der Waals surface area (Å²) in [5.41, 5.74) is 0.721. The first-order valence-electron chi connectivity index (χ1n) is 10.0. The number of Topliss-reactive ketones (excluding diaryl/α,β-unsaturated/α-hetero) is 1. The fraction of sp³-hybridized carbons (Fsp3) is 0.810. The van der Waals surface area contributed by atoms with Crippen molar-refractivity contribution in [3.05, 3.63) is 11.6 Å². The Kier molecular flexibility index (Phi) is 4.41. The van der Waals surface area contributed by atoms with Crippen LogP contribution in [0.4, 0.5) is 0 Å². The summed E-state index contributed by atoms with van der Waals surface area (Å²) >= 11 is 0. The van der Waals surface area contributed by atoms with Gasteiger partial charge in [-0.05, 0) is 67.8 Å². The lowest BCUT2D eigenvalue weighted by Gasteiger charge is -2.58. The van der Waals surface area contributed by atoms with E-state index in [-0.39, 0.29) is 29.5 Å². The van der Waals surface area contributed by atoms with Crippen LogP contribution >= 0.6 is 0 Å². The van der Waals surface area contributed by atoms with Crippen molar-refractivity contribution in [2.75, 3.05) is 13.2 Å². The molecule has 0 radical (unpaired) electrons. The average Bonchev–Trinajstić information content (AvgIpc) is 2.94. The van der Waals surface area contributed by atoms with E-state index in [1.165, 1.54) is 5.57 Å². The summed E-state index contributed by atoms with van der Waals surface area (Å²) in [6.07, 6.45) is 6.59. The van der Waals surface area contributed by atoms with Crippen molar-refractivity contribution in [2.45, 2.75) is 58.0 Å². The van der Waals surface area contributed by atoms with Gasteiger partial charge < -0.3 is 15.3 Å². The molecule has 0 aliphatic heterocycles. The number of carbonyl (C=O) groups excluding carboxylic acids is 2. The van der Waals surface area contributed by atoms with Crippen LogP contribution in [-0.2, 0) is 9.59 Å². The van der Waals surface area contributed by atoms with E-state index in [1.54, 1.807) is 0 Å². The van der Waals surface area contributed by atoms with Crippen LogP contribution in [0.15, 0.2) is 11.6 Å². The Labute approximate surface area is 154 Å². The molecule has 26 heavy (non-hydrogen) atoms. The summed E-state index contributed by atoms with van der Waals surface area (Å²) in [6, 6.07) is 0. The van der Waals surface area contributed by atoms with E-state index in [4.69, 9.17) is 0 Å². The second kappa shape index (κ2) is 6.25. The topological polar surface area (TPSA) is 94.8 Å². The highest BCUT2D eigenvalue weighted by molar-refractivity contribution is 5.91. The van der Waals surface area contributed by atoms with Crippen LogP contribution in [0, 0.1) is 34.5 Å². The van der Waals surface area contributed by atoms with E-state index in [9.17, 15) is 24.9 Å². The maximum absolute atomic E-state index is 12.4. The van der Waals surface area contributed by atoms with Crippen LogP contribution < -0.4 is 0 Å². The molecule has 0 heterocycles. The number of aliphatic hydroxyl groups excluding tert-OH is 3. The Morgan fingerprint density at radius 2 is 1.96 bits per heavy atom. The number of carbonyl (C=O) groups is 2. The fourth-order valence-electron chi connectivity index (χ4n) is 7.31. The molecule has 4 aliphatic rings. The lowest BCUT2D eigenvalue weighted by Crippen LogP contribution is -2.54. The molecule has 4 aliphatic carbocycles. The summed E-state index contributed by atoms with van der Waals surface area (Å²) in [5.74, 6) is 0.159. The summed E-state index contributed by atoms with van der Waals surface area (Å²) < 4.78 is 0. The van der Waals surface area contributed by atoms with E-state index in [2.05, 4.69) is 6.92 Å². The molecule has 0 spiro atoms. The number of aliphatic hydroxyl groups is 3. The zero-order valence-corrected chi connectivity index (χ0v) is 15.5. The Morgan fingerprint density at radius 1 is 1.19 bits per heavy atom. The fourth-order valence-corrected chi connectivity index (χ4v) is 7.31. The van der Waals surface area contributed by atoms with Gasteiger partial charge in [-0.1, -0.05) is 12.5 Å². The van der Waals surface area contributed by atoms with Gasteiger partial charge in [-0.15, -0.1) is 0 Å². The highest BCUT2D eigenvalue weighted by Crippen LogP contribution is 2.66. The highest BCUT2D eigenvalue weighted by Gasteiger charge is 2.64. The number of hydrogen-bond acceptors (Lipinski definition) is 5. The lowest BCUT2D eigenvalue weighted by molar-refractivity contribution is -0.141. The molecule has 3 N–H and O–H groups in total. The van der Waals surface area contributed by atoms with Crippen molar-refractivity contribution in [1.82, 2.24) is 0 Å². The number of allylic oxidation sites excluding steroid dienone is 1. The van der Waals surface area contributed by atoms with Gasteiger partial charge in [0.25, 0.3) is 0 Å². The molecule has 144 valence electrons. The summed E-state index contributed by atoms with van der Waals surface area (Å²) in [6.45, 7) is 1.61. The van der Waals surface area contributed by atoms with Gasteiger partial charge in [0.1, 0.15) is 6.61 Å². The van der Waals surface area contributed by atoms with Gasteiger partial charge in [0.2, 0.25) is 0 Å². The molecule has 0 saturated heterocycles. The zero-order chi connectivity index (χ0) is 18.7. The lowest BCUT2D eigenvalue weighted by atomic mass is 9.46. The number of rotatable bonds is 3. The molecule has 5 nitrogen and oxygen atoms in total.